The van der Waals surface area contributed by atoms with E-state index in [4.69, 9.17) is 0 Å². The second kappa shape index (κ2) is 6.20. The summed E-state index contributed by atoms with van der Waals surface area (Å²) in [6, 6.07) is 10.1. The first kappa shape index (κ1) is 15.6. The minimum absolute atomic E-state index is 0.0249. The Morgan fingerprint density at radius 3 is 2.92 bits per heavy atom. The zero-order chi connectivity index (χ0) is 17.4. The monoisotopic (exact) mass is 335 g/mol. The lowest BCUT2D eigenvalue weighted by Gasteiger charge is -2.22. The molecule has 2 aromatic heterocycles. The number of likely N-dealkylation sites (tertiary alicyclic amines) is 1. The van der Waals surface area contributed by atoms with Crippen LogP contribution in [0.25, 0.3) is 11.3 Å². The van der Waals surface area contributed by atoms with Crippen molar-refractivity contribution in [1.29, 1.82) is 0 Å². The van der Waals surface area contributed by atoms with Crippen LogP contribution in [-0.2, 0) is 0 Å². The van der Waals surface area contributed by atoms with E-state index in [1.807, 2.05) is 24.1 Å². The van der Waals surface area contributed by atoms with Gasteiger partial charge >= 0.3 is 0 Å². The van der Waals surface area contributed by atoms with E-state index in [-0.39, 0.29) is 11.9 Å². The first-order chi connectivity index (χ1) is 12.1. The molecular formula is C19H21N5O. The molecule has 0 bridgehead atoms. The second-order valence-electron chi connectivity index (χ2n) is 6.64. The van der Waals surface area contributed by atoms with Crippen molar-refractivity contribution in [1.82, 2.24) is 25.1 Å². The summed E-state index contributed by atoms with van der Waals surface area (Å²) in [7, 11) is 0. The standard InChI is InChI=1S/C19H21N5O/c1-12-5-3-6-14(9-12)16-11-20-18(21-16)17-7-4-8-24(17)19(25)15-10-13(2)22-23-15/h3,5-6,9-11,17H,4,7-8H2,1-2H3,(H,20,21)(H,22,23). The van der Waals surface area contributed by atoms with Crippen LogP contribution in [0.1, 0.15) is 46.5 Å². The smallest absolute Gasteiger partial charge is 0.274 e. The Bertz CT molecular complexity index is 910. The molecule has 3 heterocycles. The van der Waals surface area contributed by atoms with Gasteiger partial charge in [0.05, 0.1) is 17.9 Å². The lowest BCUT2D eigenvalue weighted by Crippen LogP contribution is -2.31. The van der Waals surface area contributed by atoms with E-state index in [1.165, 1.54) is 5.56 Å². The van der Waals surface area contributed by atoms with Crippen LogP contribution in [0, 0.1) is 13.8 Å². The van der Waals surface area contributed by atoms with Gasteiger partial charge in [-0.25, -0.2) is 4.98 Å². The SMILES string of the molecule is Cc1cccc(-c2cnc(C3CCCN3C(=O)c3cc(C)[nH]n3)[nH]2)c1. The van der Waals surface area contributed by atoms with Crippen molar-refractivity contribution in [3.8, 4) is 11.3 Å². The molecule has 4 rings (SSSR count). The maximum Gasteiger partial charge on any atom is 0.274 e. The van der Waals surface area contributed by atoms with Crippen LogP contribution in [0.3, 0.4) is 0 Å². The highest BCUT2D eigenvalue weighted by molar-refractivity contribution is 5.92. The topological polar surface area (TPSA) is 77.7 Å². The second-order valence-corrected chi connectivity index (χ2v) is 6.64. The number of rotatable bonds is 3. The van der Waals surface area contributed by atoms with E-state index in [0.717, 1.165) is 42.2 Å². The minimum atomic E-state index is -0.0413. The zero-order valence-electron chi connectivity index (χ0n) is 14.4. The van der Waals surface area contributed by atoms with E-state index in [9.17, 15) is 4.79 Å². The molecule has 1 aromatic carbocycles. The third-order valence-electron chi connectivity index (χ3n) is 4.68. The van der Waals surface area contributed by atoms with Crippen LogP contribution in [0.4, 0.5) is 0 Å². The van der Waals surface area contributed by atoms with E-state index < -0.39 is 0 Å². The first-order valence-electron chi connectivity index (χ1n) is 8.57. The number of nitrogens with zero attached hydrogens (tertiary/aromatic N) is 3. The maximum atomic E-state index is 12.8. The van der Waals surface area contributed by atoms with Crippen molar-refractivity contribution >= 4 is 5.91 Å². The van der Waals surface area contributed by atoms with Gasteiger partial charge in [0.15, 0.2) is 0 Å². The summed E-state index contributed by atoms with van der Waals surface area (Å²) in [4.78, 5) is 22.6. The molecule has 1 aliphatic heterocycles. The highest BCUT2D eigenvalue weighted by atomic mass is 16.2. The summed E-state index contributed by atoms with van der Waals surface area (Å²) in [5.41, 5.74) is 4.65. The van der Waals surface area contributed by atoms with Gasteiger partial charge in [-0.05, 0) is 44.4 Å². The molecule has 1 saturated heterocycles. The van der Waals surface area contributed by atoms with Crippen molar-refractivity contribution in [3.63, 3.8) is 0 Å². The van der Waals surface area contributed by atoms with Gasteiger partial charge in [0.25, 0.3) is 5.91 Å². The Morgan fingerprint density at radius 1 is 1.28 bits per heavy atom. The quantitative estimate of drug-likeness (QED) is 0.770. The van der Waals surface area contributed by atoms with Crippen LogP contribution in [-0.4, -0.2) is 37.5 Å². The fourth-order valence-corrected chi connectivity index (χ4v) is 3.43. The Labute approximate surface area is 146 Å². The third kappa shape index (κ3) is 2.95. The number of amides is 1. The van der Waals surface area contributed by atoms with Crippen LogP contribution in [0.5, 0.6) is 0 Å². The fourth-order valence-electron chi connectivity index (χ4n) is 3.43. The number of nitrogens with one attached hydrogen (secondary N) is 2. The van der Waals surface area contributed by atoms with Gasteiger partial charge in [0, 0.05) is 12.2 Å². The molecule has 1 atom stereocenters. The summed E-state index contributed by atoms with van der Waals surface area (Å²) in [5.74, 6) is 0.801. The molecule has 128 valence electrons. The van der Waals surface area contributed by atoms with Gasteiger partial charge < -0.3 is 9.88 Å². The molecule has 1 aliphatic rings. The zero-order valence-corrected chi connectivity index (χ0v) is 14.4. The molecule has 3 aromatic rings. The minimum Gasteiger partial charge on any atom is -0.340 e. The van der Waals surface area contributed by atoms with E-state index in [0.29, 0.717) is 5.69 Å². The summed E-state index contributed by atoms with van der Waals surface area (Å²) < 4.78 is 0. The van der Waals surface area contributed by atoms with Crippen molar-refractivity contribution in [2.75, 3.05) is 6.54 Å². The van der Waals surface area contributed by atoms with Gasteiger partial charge in [-0.15, -0.1) is 0 Å². The molecule has 0 saturated carbocycles. The molecule has 1 amide bonds. The number of H-pyrrole nitrogens is 2. The highest BCUT2D eigenvalue weighted by Crippen LogP contribution is 2.32. The predicted molar refractivity (Wildman–Crippen MR) is 95.1 cm³/mol. The van der Waals surface area contributed by atoms with Crippen LogP contribution < -0.4 is 0 Å². The Hall–Kier alpha value is -2.89. The molecule has 2 N–H and O–H groups in total. The summed E-state index contributed by atoms with van der Waals surface area (Å²) in [6.07, 6.45) is 3.74. The number of carbonyl (C=O) groups excluding carboxylic acids is 1. The third-order valence-corrected chi connectivity index (χ3v) is 4.68. The van der Waals surface area contributed by atoms with Gasteiger partial charge in [-0.1, -0.05) is 23.8 Å². The van der Waals surface area contributed by atoms with Crippen molar-refractivity contribution in [3.05, 3.63) is 59.3 Å². The summed E-state index contributed by atoms with van der Waals surface area (Å²) in [6.45, 7) is 4.70. The number of aromatic nitrogens is 4. The van der Waals surface area contributed by atoms with Crippen molar-refractivity contribution in [2.45, 2.75) is 32.7 Å². The lowest BCUT2D eigenvalue weighted by molar-refractivity contribution is 0.0724. The van der Waals surface area contributed by atoms with E-state index in [2.05, 4.69) is 45.3 Å². The maximum absolute atomic E-state index is 12.8. The number of aromatic amines is 2. The average Bonchev–Trinajstić information content (AvgIpc) is 3.34. The number of imidazole rings is 1. The van der Waals surface area contributed by atoms with Gasteiger partial charge in [0.2, 0.25) is 0 Å². The molecule has 0 radical (unpaired) electrons. The summed E-state index contributed by atoms with van der Waals surface area (Å²) in [5, 5.41) is 6.94. The molecule has 0 aliphatic carbocycles. The van der Waals surface area contributed by atoms with Gasteiger partial charge in [-0.3, -0.25) is 9.89 Å². The molecule has 1 fully saturated rings. The number of aryl methyl sites for hydroxylation is 2. The number of carbonyl (C=O) groups is 1. The van der Waals surface area contributed by atoms with Crippen LogP contribution in [0.15, 0.2) is 36.5 Å². The highest BCUT2D eigenvalue weighted by Gasteiger charge is 2.33. The Morgan fingerprint density at radius 2 is 2.16 bits per heavy atom. The Balaban J connectivity index is 1.60. The predicted octanol–water partition coefficient (Wildman–Crippen LogP) is 3.39. The van der Waals surface area contributed by atoms with Crippen molar-refractivity contribution in [2.24, 2.45) is 0 Å². The molecule has 6 nitrogen and oxygen atoms in total. The van der Waals surface area contributed by atoms with Gasteiger partial charge in [0.1, 0.15) is 11.5 Å². The molecule has 1 unspecified atom stereocenters. The van der Waals surface area contributed by atoms with E-state index in [1.54, 1.807) is 6.07 Å². The number of hydrogen-bond donors (Lipinski definition) is 2. The van der Waals surface area contributed by atoms with Crippen LogP contribution in [0.2, 0.25) is 0 Å². The number of hydrogen-bond acceptors (Lipinski definition) is 3. The fraction of sp³-hybridized carbons (Fsp3) is 0.316. The first-order valence-corrected chi connectivity index (χ1v) is 8.57. The lowest BCUT2D eigenvalue weighted by atomic mass is 10.1. The van der Waals surface area contributed by atoms with E-state index >= 15 is 0 Å². The normalized spacial score (nSPS) is 17.2. The molecule has 0 spiro atoms. The number of benzene rings is 1. The molecule has 25 heavy (non-hydrogen) atoms. The molecular weight excluding hydrogens is 314 g/mol. The summed E-state index contributed by atoms with van der Waals surface area (Å²) >= 11 is 0. The van der Waals surface area contributed by atoms with Crippen LogP contribution >= 0.6 is 0 Å². The average molecular weight is 335 g/mol. The van der Waals surface area contributed by atoms with Crippen molar-refractivity contribution < 1.29 is 4.79 Å². The Kier molecular flexibility index (Phi) is 3.87. The largest absolute Gasteiger partial charge is 0.340 e. The van der Waals surface area contributed by atoms with Gasteiger partial charge in [-0.2, -0.15) is 5.10 Å². The molecule has 6 heteroatoms.